The topological polar surface area (TPSA) is 49.8 Å². The lowest BCUT2D eigenvalue weighted by atomic mass is 10.0. The second-order valence-electron chi connectivity index (χ2n) is 4.29. The van der Waals surface area contributed by atoms with Crippen LogP contribution in [0.5, 0.6) is 5.75 Å². The van der Waals surface area contributed by atoms with Crippen molar-refractivity contribution in [2.75, 3.05) is 20.3 Å². The van der Waals surface area contributed by atoms with Crippen molar-refractivity contribution in [3.8, 4) is 5.75 Å². The molecule has 0 saturated heterocycles. The average molecular weight is 251 g/mol. The minimum Gasteiger partial charge on any atom is -0.494 e. The molecule has 0 radical (unpaired) electrons. The molecular weight excluding hydrogens is 230 g/mol. The molecule has 1 atom stereocenters. The summed E-state index contributed by atoms with van der Waals surface area (Å²) in [6.07, 6.45) is 0. The van der Waals surface area contributed by atoms with E-state index >= 15 is 0 Å². The summed E-state index contributed by atoms with van der Waals surface area (Å²) in [6, 6.07) is 5.41. The van der Waals surface area contributed by atoms with Gasteiger partial charge in [0, 0.05) is 14.0 Å². The predicted molar refractivity (Wildman–Crippen MR) is 70.6 cm³/mol. The van der Waals surface area contributed by atoms with Crippen molar-refractivity contribution in [2.24, 2.45) is 0 Å². The first-order valence-corrected chi connectivity index (χ1v) is 6.08. The van der Waals surface area contributed by atoms with Crippen molar-refractivity contribution in [1.82, 2.24) is 4.90 Å². The fourth-order valence-electron chi connectivity index (χ4n) is 1.87. The van der Waals surface area contributed by atoms with Crippen molar-refractivity contribution in [1.29, 1.82) is 0 Å². The Balaban J connectivity index is 3.01. The molecule has 0 fully saturated rings. The van der Waals surface area contributed by atoms with E-state index in [-0.39, 0.29) is 18.6 Å². The Bertz CT molecular complexity index is 418. The molecule has 100 valence electrons. The molecule has 0 aromatic heterocycles. The van der Waals surface area contributed by atoms with Crippen molar-refractivity contribution < 1.29 is 14.6 Å². The Morgan fingerprint density at radius 3 is 2.61 bits per heavy atom. The van der Waals surface area contributed by atoms with Gasteiger partial charge in [0.1, 0.15) is 5.75 Å². The second kappa shape index (κ2) is 6.40. The fourth-order valence-corrected chi connectivity index (χ4v) is 1.87. The molecule has 1 N–H and O–H groups in total. The Hall–Kier alpha value is -1.55. The summed E-state index contributed by atoms with van der Waals surface area (Å²) in [5.41, 5.74) is 1.92. The first-order valence-electron chi connectivity index (χ1n) is 6.08. The largest absolute Gasteiger partial charge is 0.494 e. The monoisotopic (exact) mass is 251 g/mol. The van der Waals surface area contributed by atoms with Crippen LogP contribution in [0.2, 0.25) is 0 Å². The molecule has 0 saturated carbocycles. The summed E-state index contributed by atoms with van der Waals surface area (Å²) < 4.78 is 5.47. The van der Waals surface area contributed by atoms with Crippen LogP contribution in [0.1, 0.15) is 31.0 Å². The van der Waals surface area contributed by atoms with E-state index in [9.17, 15) is 9.90 Å². The predicted octanol–water partition coefficient (Wildman–Crippen LogP) is 1.91. The van der Waals surface area contributed by atoms with Gasteiger partial charge >= 0.3 is 0 Å². The summed E-state index contributed by atoms with van der Waals surface area (Å²) in [6.45, 7) is 5.91. The van der Waals surface area contributed by atoms with Gasteiger partial charge in [-0.15, -0.1) is 0 Å². The standard InChI is InChI=1S/C14H21NO3/c1-5-18-14-7-6-12(8-10(14)2)13(9-16)15(4)11(3)17/h6-8,13,16H,5,9H2,1-4H3. The van der Waals surface area contributed by atoms with E-state index in [4.69, 9.17) is 4.74 Å². The van der Waals surface area contributed by atoms with E-state index in [2.05, 4.69) is 0 Å². The van der Waals surface area contributed by atoms with Gasteiger partial charge in [-0.3, -0.25) is 4.79 Å². The Morgan fingerprint density at radius 1 is 1.50 bits per heavy atom. The molecule has 4 heteroatoms. The van der Waals surface area contributed by atoms with Crippen LogP contribution >= 0.6 is 0 Å². The highest BCUT2D eigenvalue weighted by Crippen LogP contribution is 2.25. The number of carbonyl (C=O) groups excluding carboxylic acids is 1. The normalized spacial score (nSPS) is 12.1. The van der Waals surface area contributed by atoms with Gasteiger partial charge in [-0.1, -0.05) is 12.1 Å². The van der Waals surface area contributed by atoms with E-state index in [1.807, 2.05) is 32.0 Å². The van der Waals surface area contributed by atoms with Gasteiger partial charge < -0.3 is 14.7 Å². The number of aryl methyl sites for hydroxylation is 1. The second-order valence-corrected chi connectivity index (χ2v) is 4.29. The quantitative estimate of drug-likeness (QED) is 0.869. The number of rotatable bonds is 5. The van der Waals surface area contributed by atoms with Gasteiger partial charge in [-0.2, -0.15) is 0 Å². The van der Waals surface area contributed by atoms with Gasteiger partial charge in [0.25, 0.3) is 0 Å². The lowest BCUT2D eigenvalue weighted by molar-refractivity contribution is -0.130. The third-order valence-electron chi connectivity index (χ3n) is 3.02. The first kappa shape index (κ1) is 14.5. The van der Waals surface area contributed by atoms with E-state index in [1.54, 1.807) is 7.05 Å². The van der Waals surface area contributed by atoms with Crippen LogP contribution in [-0.4, -0.2) is 36.2 Å². The molecule has 0 aliphatic rings. The molecule has 1 aromatic rings. The number of ether oxygens (including phenoxy) is 1. The highest BCUT2D eigenvalue weighted by molar-refractivity contribution is 5.73. The van der Waals surface area contributed by atoms with Crippen LogP contribution in [0.25, 0.3) is 0 Å². The summed E-state index contributed by atoms with van der Waals surface area (Å²) >= 11 is 0. The first-order chi connectivity index (χ1) is 8.51. The number of hydrogen-bond donors (Lipinski definition) is 1. The summed E-state index contributed by atoms with van der Waals surface area (Å²) in [7, 11) is 1.69. The highest BCUT2D eigenvalue weighted by atomic mass is 16.5. The van der Waals surface area contributed by atoms with Gasteiger partial charge in [0.2, 0.25) is 5.91 Å². The number of aliphatic hydroxyl groups excluding tert-OH is 1. The zero-order valence-electron chi connectivity index (χ0n) is 11.4. The van der Waals surface area contributed by atoms with Crippen molar-refractivity contribution in [3.63, 3.8) is 0 Å². The van der Waals surface area contributed by atoms with Gasteiger partial charge in [0.05, 0.1) is 19.3 Å². The molecule has 1 unspecified atom stereocenters. The molecule has 0 aliphatic carbocycles. The molecule has 1 rings (SSSR count). The van der Waals surface area contributed by atoms with E-state index in [0.717, 1.165) is 16.9 Å². The SMILES string of the molecule is CCOc1ccc(C(CO)N(C)C(C)=O)cc1C. The van der Waals surface area contributed by atoms with Crippen molar-refractivity contribution >= 4 is 5.91 Å². The number of hydrogen-bond acceptors (Lipinski definition) is 3. The summed E-state index contributed by atoms with van der Waals surface area (Å²) in [5.74, 6) is 0.768. The fraction of sp³-hybridized carbons (Fsp3) is 0.500. The highest BCUT2D eigenvalue weighted by Gasteiger charge is 2.18. The molecular formula is C14H21NO3. The number of nitrogens with zero attached hydrogens (tertiary/aromatic N) is 1. The molecule has 0 bridgehead atoms. The Labute approximate surface area is 108 Å². The van der Waals surface area contributed by atoms with E-state index in [1.165, 1.54) is 11.8 Å². The Kier molecular flexibility index (Phi) is 5.16. The molecule has 0 spiro atoms. The zero-order valence-corrected chi connectivity index (χ0v) is 11.4. The number of likely N-dealkylation sites (N-methyl/N-ethyl adjacent to an activating group) is 1. The molecule has 0 heterocycles. The number of benzene rings is 1. The third-order valence-corrected chi connectivity index (χ3v) is 3.02. The van der Waals surface area contributed by atoms with E-state index in [0.29, 0.717) is 6.61 Å². The third kappa shape index (κ3) is 3.23. The number of aliphatic hydroxyl groups is 1. The molecule has 1 amide bonds. The minimum absolute atomic E-state index is 0.0689. The van der Waals surface area contributed by atoms with Gasteiger partial charge in [-0.25, -0.2) is 0 Å². The van der Waals surface area contributed by atoms with Crippen LogP contribution < -0.4 is 4.74 Å². The zero-order chi connectivity index (χ0) is 13.7. The lowest BCUT2D eigenvalue weighted by Crippen LogP contribution is -2.31. The lowest BCUT2D eigenvalue weighted by Gasteiger charge is -2.26. The molecule has 0 aliphatic heterocycles. The minimum atomic E-state index is -0.308. The van der Waals surface area contributed by atoms with Gasteiger partial charge in [-0.05, 0) is 31.0 Å². The maximum atomic E-state index is 11.4. The van der Waals surface area contributed by atoms with Crippen LogP contribution in [0, 0.1) is 6.92 Å². The smallest absolute Gasteiger partial charge is 0.219 e. The van der Waals surface area contributed by atoms with Crippen LogP contribution in [0.15, 0.2) is 18.2 Å². The van der Waals surface area contributed by atoms with Crippen LogP contribution in [0.4, 0.5) is 0 Å². The molecule has 1 aromatic carbocycles. The maximum Gasteiger partial charge on any atom is 0.219 e. The molecule has 18 heavy (non-hydrogen) atoms. The van der Waals surface area contributed by atoms with Crippen molar-refractivity contribution in [2.45, 2.75) is 26.8 Å². The van der Waals surface area contributed by atoms with E-state index < -0.39 is 0 Å². The maximum absolute atomic E-state index is 11.4. The van der Waals surface area contributed by atoms with Crippen molar-refractivity contribution in [3.05, 3.63) is 29.3 Å². The number of carbonyl (C=O) groups is 1. The van der Waals surface area contributed by atoms with Crippen LogP contribution in [-0.2, 0) is 4.79 Å². The number of amides is 1. The average Bonchev–Trinajstić information content (AvgIpc) is 2.33. The van der Waals surface area contributed by atoms with Gasteiger partial charge in [0.15, 0.2) is 0 Å². The summed E-state index contributed by atoms with van der Waals surface area (Å²) in [4.78, 5) is 12.9. The van der Waals surface area contributed by atoms with Crippen LogP contribution in [0.3, 0.4) is 0 Å². The summed E-state index contributed by atoms with van der Waals surface area (Å²) in [5, 5.41) is 9.44. The Morgan fingerprint density at radius 2 is 2.17 bits per heavy atom. The molecule has 4 nitrogen and oxygen atoms in total.